The van der Waals surface area contributed by atoms with Crippen LogP contribution in [0.2, 0.25) is 0 Å². The van der Waals surface area contributed by atoms with Gasteiger partial charge in [-0.05, 0) is 48.5 Å². The number of benzene rings is 2. The van der Waals surface area contributed by atoms with Crippen molar-refractivity contribution in [2.75, 3.05) is 42.1 Å². The predicted molar refractivity (Wildman–Crippen MR) is 136 cm³/mol. The van der Waals surface area contributed by atoms with Gasteiger partial charge in [0.05, 0.1) is 5.75 Å². The van der Waals surface area contributed by atoms with E-state index in [1.54, 1.807) is 0 Å². The van der Waals surface area contributed by atoms with Crippen molar-refractivity contribution in [1.29, 1.82) is 0 Å². The largest absolute Gasteiger partial charge is 0.416 e. The summed E-state index contributed by atoms with van der Waals surface area (Å²) in [6.07, 6.45) is 0. The lowest BCUT2D eigenvalue weighted by Gasteiger charge is -2.36. The Morgan fingerprint density at radius 3 is 2.32 bits per heavy atom. The van der Waals surface area contributed by atoms with Crippen molar-refractivity contribution in [3.8, 4) is 0 Å². The van der Waals surface area contributed by atoms with Gasteiger partial charge in [-0.25, -0.2) is 0 Å². The molecule has 2 amide bonds. The molecule has 0 atom stereocenters. The van der Waals surface area contributed by atoms with E-state index in [9.17, 15) is 9.59 Å². The van der Waals surface area contributed by atoms with Crippen LogP contribution in [0.3, 0.4) is 0 Å². The lowest BCUT2D eigenvalue weighted by molar-refractivity contribution is -0.113. The summed E-state index contributed by atoms with van der Waals surface area (Å²) in [5.41, 5.74) is 2.50. The number of amides is 2. The predicted octanol–water partition coefficient (Wildman–Crippen LogP) is 4.65. The zero-order chi connectivity index (χ0) is 24.1. The Kier molecular flexibility index (Phi) is 7.89. The number of piperazine rings is 1. The molecule has 0 radical (unpaired) electrons. The second kappa shape index (κ2) is 11.1. The van der Waals surface area contributed by atoms with Gasteiger partial charge < -0.3 is 19.5 Å². The van der Waals surface area contributed by atoms with Crippen LogP contribution in [-0.4, -0.2) is 58.8 Å². The van der Waals surface area contributed by atoms with Crippen LogP contribution in [0, 0.1) is 0 Å². The summed E-state index contributed by atoms with van der Waals surface area (Å²) in [5.74, 6) is 0.836. The first kappa shape index (κ1) is 24.3. The number of anilines is 2. The minimum Gasteiger partial charge on any atom is -0.416 e. The van der Waals surface area contributed by atoms with Crippen molar-refractivity contribution in [1.82, 2.24) is 15.1 Å². The van der Waals surface area contributed by atoms with Gasteiger partial charge in [-0.15, -0.1) is 10.2 Å². The van der Waals surface area contributed by atoms with Gasteiger partial charge in [0.25, 0.3) is 11.1 Å². The van der Waals surface area contributed by atoms with E-state index in [0.29, 0.717) is 29.8 Å². The molecule has 0 bridgehead atoms. The first-order valence-corrected chi connectivity index (χ1v) is 12.8. The average Bonchev–Trinajstić information content (AvgIpc) is 3.33. The van der Waals surface area contributed by atoms with Crippen LogP contribution in [0.4, 0.5) is 11.4 Å². The zero-order valence-corrected chi connectivity index (χ0v) is 21.4. The van der Waals surface area contributed by atoms with Crippen LogP contribution in [0.5, 0.6) is 0 Å². The van der Waals surface area contributed by atoms with E-state index >= 15 is 0 Å². The lowest BCUT2D eigenvalue weighted by atomic mass is 10.1. The van der Waals surface area contributed by atoms with Crippen LogP contribution >= 0.6 is 27.7 Å². The monoisotopic (exact) mass is 543 g/mol. The van der Waals surface area contributed by atoms with E-state index in [-0.39, 0.29) is 23.5 Å². The first-order valence-electron chi connectivity index (χ1n) is 11.0. The zero-order valence-electron chi connectivity index (χ0n) is 19.0. The molecule has 8 nitrogen and oxygen atoms in total. The van der Waals surface area contributed by atoms with Crippen LogP contribution in [0.25, 0.3) is 0 Å². The molecule has 1 aromatic heterocycles. The fraction of sp³-hybridized carbons (Fsp3) is 0.333. The molecule has 1 aliphatic rings. The van der Waals surface area contributed by atoms with E-state index in [1.165, 1.54) is 11.8 Å². The van der Waals surface area contributed by atoms with Gasteiger partial charge in [-0.3, -0.25) is 9.59 Å². The van der Waals surface area contributed by atoms with Crippen molar-refractivity contribution < 1.29 is 14.0 Å². The highest BCUT2D eigenvalue weighted by Gasteiger charge is 2.22. The number of rotatable bonds is 7. The number of aromatic nitrogens is 2. The van der Waals surface area contributed by atoms with Gasteiger partial charge in [0.1, 0.15) is 0 Å². The summed E-state index contributed by atoms with van der Waals surface area (Å²) < 4.78 is 6.47. The molecule has 0 aliphatic carbocycles. The van der Waals surface area contributed by atoms with Gasteiger partial charge in [0.15, 0.2) is 0 Å². The number of hydrogen-bond acceptors (Lipinski definition) is 7. The second-order valence-electron chi connectivity index (χ2n) is 8.23. The summed E-state index contributed by atoms with van der Waals surface area (Å²) in [5, 5.41) is 11.2. The third-order valence-electron chi connectivity index (χ3n) is 5.42. The maximum absolute atomic E-state index is 12.7. The van der Waals surface area contributed by atoms with E-state index in [2.05, 4.69) is 36.3 Å². The molecule has 0 spiro atoms. The molecule has 1 saturated heterocycles. The molecule has 2 heterocycles. The van der Waals surface area contributed by atoms with Gasteiger partial charge in [-0.1, -0.05) is 41.5 Å². The highest BCUT2D eigenvalue weighted by Crippen LogP contribution is 2.23. The average molecular weight is 544 g/mol. The Bertz CT molecular complexity index is 1130. The third-order valence-corrected chi connectivity index (χ3v) is 6.76. The Hall–Kier alpha value is -2.85. The molecule has 178 valence electrons. The van der Waals surface area contributed by atoms with E-state index < -0.39 is 0 Å². The van der Waals surface area contributed by atoms with Gasteiger partial charge in [0, 0.05) is 53.5 Å². The van der Waals surface area contributed by atoms with Crippen molar-refractivity contribution in [2.45, 2.75) is 25.0 Å². The Balaban J connectivity index is 1.24. The molecule has 3 aromatic rings. The van der Waals surface area contributed by atoms with E-state index in [4.69, 9.17) is 4.42 Å². The Morgan fingerprint density at radius 1 is 1.03 bits per heavy atom. The summed E-state index contributed by atoms with van der Waals surface area (Å²) in [6, 6.07) is 15.2. The number of carbonyl (C=O) groups is 2. The number of hydrogen-bond donors (Lipinski definition) is 1. The van der Waals surface area contributed by atoms with E-state index in [1.807, 2.05) is 67.3 Å². The smallest absolute Gasteiger partial charge is 0.277 e. The van der Waals surface area contributed by atoms with Gasteiger partial charge in [0.2, 0.25) is 11.8 Å². The highest BCUT2D eigenvalue weighted by molar-refractivity contribution is 9.10. The van der Waals surface area contributed by atoms with Crippen LogP contribution in [0.15, 0.2) is 62.6 Å². The maximum atomic E-state index is 12.7. The fourth-order valence-corrected chi connectivity index (χ4v) is 4.37. The maximum Gasteiger partial charge on any atom is 0.277 e. The van der Waals surface area contributed by atoms with Gasteiger partial charge >= 0.3 is 0 Å². The third kappa shape index (κ3) is 6.18. The van der Waals surface area contributed by atoms with Gasteiger partial charge in [-0.2, -0.15) is 0 Å². The van der Waals surface area contributed by atoms with Crippen LogP contribution < -0.4 is 10.2 Å². The Labute approximate surface area is 211 Å². The normalized spacial score (nSPS) is 13.9. The molecule has 1 aliphatic heterocycles. The minimum atomic E-state index is -0.137. The summed E-state index contributed by atoms with van der Waals surface area (Å²) in [6.45, 7) is 6.79. The second-order valence-corrected chi connectivity index (χ2v) is 10.1. The number of nitrogens with zero attached hydrogens (tertiary/aromatic N) is 4. The topological polar surface area (TPSA) is 91.6 Å². The molecule has 0 unspecified atom stereocenters. The SMILES string of the molecule is CC(C)c1nnc(SCC(=O)Nc2ccc(N3CCN(C(=O)c4ccc(Br)cc4)CC3)cc2)o1. The summed E-state index contributed by atoms with van der Waals surface area (Å²) in [4.78, 5) is 29.1. The van der Waals surface area contributed by atoms with Crippen LogP contribution in [-0.2, 0) is 4.79 Å². The standard InChI is InChI=1S/C24H26BrN5O3S/c1-16(2)22-27-28-24(33-22)34-15-21(31)26-19-7-9-20(10-8-19)29-11-13-30(14-12-29)23(32)17-3-5-18(25)6-4-17/h3-10,16H,11-15H2,1-2H3,(H,26,31). The van der Waals surface area contributed by atoms with Crippen molar-refractivity contribution in [2.24, 2.45) is 0 Å². The molecule has 4 rings (SSSR count). The Morgan fingerprint density at radius 2 is 1.71 bits per heavy atom. The number of nitrogens with one attached hydrogen (secondary N) is 1. The molecular formula is C24H26BrN5O3S. The molecule has 34 heavy (non-hydrogen) atoms. The fourth-order valence-electron chi connectivity index (χ4n) is 3.53. The van der Waals surface area contributed by atoms with Crippen molar-refractivity contribution in [3.63, 3.8) is 0 Å². The summed E-state index contributed by atoms with van der Waals surface area (Å²) >= 11 is 4.62. The number of carbonyl (C=O) groups excluding carboxylic acids is 2. The molecule has 10 heteroatoms. The van der Waals surface area contributed by atoms with E-state index in [0.717, 1.165) is 28.9 Å². The highest BCUT2D eigenvalue weighted by atomic mass is 79.9. The summed E-state index contributed by atoms with van der Waals surface area (Å²) in [7, 11) is 0. The molecule has 0 saturated carbocycles. The number of halogens is 1. The first-order chi connectivity index (χ1) is 16.4. The van der Waals surface area contributed by atoms with Crippen molar-refractivity contribution in [3.05, 3.63) is 64.5 Å². The van der Waals surface area contributed by atoms with Crippen LogP contribution in [0.1, 0.15) is 36.0 Å². The molecule has 1 fully saturated rings. The quantitative estimate of drug-likeness (QED) is 0.433. The number of thioether (sulfide) groups is 1. The molecule has 1 N–H and O–H groups in total. The minimum absolute atomic E-state index is 0.0593. The molecule has 2 aromatic carbocycles. The molecular weight excluding hydrogens is 518 g/mol. The van der Waals surface area contributed by atoms with Crippen molar-refractivity contribution >= 4 is 50.9 Å². The lowest BCUT2D eigenvalue weighted by Crippen LogP contribution is -2.48.